The number of rotatable bonds is 4. The van der Waals surface area contributed by atoms with Crippen molar-refractivity contribution in [2.45, 2.75) is 6.92 Å². The molecule has 0 saturated carbocycles. The largest absolute Gasteiger partial charge is 0.495 e. The number of hydrogen-bond acceptors (Lipinski definition) is 7. The number of nitrogens with zero attached hydrogens (tertiary/aromatic N) is 6. The SMILES string of the molecule is COc1ccc(Cl)cc1NC(=O)N1CCN(c2cc(N3CCN(C)CC3)nc(C)n2)CC1. The van der Waals surface area contributed by atoms with Gasteiger partial charge in [0.05, 0.1) is 12.8 Å². The molecular weight excluding hydrogens is 430 g/mol. The Bertz CT molecular complexity index is 957. The Morgan fingerprint density at radius 1 is 0.969 bits per heavy atom. The van der Waals surface area contributed by atoms with Crippen LogP contribution < -0.4 is 19.9 Å². The number of piperazine rings is 2. The van der Waals surface area contributed by atoms with Gasteiger partial charge in [0, 0.05) is 63.4 Å². The van der Waals surface area contributed by atoms with Crippen LogP contribution in [0.15, 0.2) is 24.3 Å². The van der Waals surface area contributed by atoms with Crippen molar-refractivity contribution in [1.82, 2.24) is 19.8 Å². The second-order valence-electron chi connectivity index (χ2n) is 8.17. The van der Waals surface area contributed by atoms with Crippen LogP contribution in [0.2, 0.25) is 5.02 Å². The molecule has 0 unspecified atom stereocenters. The molecule has 0 spiro atoms. The normalized spacial score (nSPS) is 17.4. The standard InChI is InChI=1S/C22H30ClN7O2/c1-16-24-20(28-8-6-27(2)7-9-28)15-21(25-16)29-10-12-30(13-11-29)22(31)26-18-14-17(23)4-5-19(18)32-3/h4-5,14-15H,6-13H2,1-3H3,(H,26,31). The number of likely N-dealkylation sites (N-methyl/N-ethyl adjacent to an activating group) is 1. The number of nitrogens with one attached hydrogen (secondary N) is 1. The number of carbonyl (C=O) groups is 1. The minimum absolute atomic E-state index is 0.165. The van der Waals surface area contributed by atoms with E-state index in [1.165, 1.54) is 0 Å². The molecule has 2 fully saturated rings. The minimum atomic E-state index is -0.165. The van der Waals surface area contributed by atoms with Crippen LogP contribution >= 0.6 is 11.6 Å². The van der Waals surface area contributed by atoms with E-state index in [0.717, 1.165) is 43.6 Å². The Hall–Kier alpha value is -2.78. The average molecular weight is 460 g/mol. The molecule has 3 heterocycles. The molecule has 2 saturated heterocycles. The number of urea groups is 1. The summed E-state index contributed by atoms with van der Waals surface area (Å²) in [4.78, 5) is 30.8. The number of anilines is 3. The van der Waals surface area contributed by atoms with Gasteiger partial charge in [-0.05, 0) is 32.2 Å². The number of halogens is 1. The zero-order chi connectivity index (χ0) is 22.7. The molecule has 2 aliphatic heterocycles. The summed E-state index contributed by atoms with van der Waals surface area (Å²) in [5.74, 6) is 3.25. The van der Waals surface area contributed by atoms with Crippen LogP contribution in [0.25, 0.3) is 0 Å². The molecule has 1 aromatic carbocycles. The Morgan fingerprint density at radius 3 is 2.16 bits per heavy atom. The zero-order valence-electron chi connectivity index (χ0n) is 18.8. The van der Waals surface area contributed by atoms with E-state index in [-0.39, 0.29) is 6.03 Å². The van der Waals surface area contributed by atoms with Gasteiger partial charge in [0.15, 0.2) is 0 Å². The molecule has 32 heavy (non-hydrogen) atoms. The van der Waals surface area contributed by atoms with E-state index >= 15 is 0 Å². The molecule has 4 rings (SSSR count). The van der Waals surface area contributed by atoms with Crippen LogP contribution in [0.3, 0.4) is 0 Å². The lowest BCUT2D eigenvalue weighted by atomic mass is 10.2. The third-order valence-corrected chi connectivity index (χ3v) is 6.17. The Balaban J connectivity index is 1.38. The van der Waals surface area contributed by atoms with Crippen molar-refractivity contribution in [3.8, 4) is 5.75 Å². The predicted octanol–water partition coefficient (Wildman–Crippen LogP) is 2.55. The first kappa shape index (κ1) is 22.4. The van der Waals surface area contributed by atoms with Crippen LogP contribution in [0.1, 0.15) is 5.82 Å². The summed E-state index contributed by atoms with van der Waals surface area (Å²) in [6, 6.07) is 7.07. The van der Waals surface area contributed by atoms with Crippen molar-refractivity contribution in [2.75, 3.05) is 81.6 Å². The minimum Gasteiger partial charge on any atom is -0.495 e. The van der Waals surface area contributed by atoms with Gasteiger partial charge in [-0.3, -0.25) is 0 Å². The molecule has 172 valence electrons. The van der Waals surface area contributed by atoms with Crippen molar-refractivity contribution in [1.29, 1.82) is 0 Å². The van der Waals surface area contributed by atoms with Gasteiger partial charge in [-0.15, -0.1) is 0 Å². The van der Waals surface area contributed by atoms with E-state index in [1.54, 1.807) is 30.2 Å². The number of aromatic nitrogens is 2. The van der Waals surface area contributed by atoms with E-state index < -0.39 is 0 Å². The van der Waals surface area contributed by atoms with E-state index in [9.17, 15) is 4.79 Å². The van der Waals surface area contributed by atoms with Gasteiger partial charge in [-0.2, -0.15) is 0 Å². The summed E-state index contributed by atoms with van der Waals surface area (Å²) >= 11 is 6.07. The maximum absolute atomic E-state index is 12.8. The fourth-order valence-corrected chi connectivity index (χ4v) is 4.18. The highest BCUT2D eigenvalue weighted by atomic mass is 35.5. The molecule has 2 amide bonds. The maximum Gasteiger partial charge on any atom is 0.322 e. The molecule has 0 radical (unpaired) electrons. The van der Waals surface area contributed by atoms with Crippen LogP contribution in [0.5, 0.6) is 5.75 Å². The van der Waals surface area contributed by atoms with Crippen LogP contribution in [0.4, 0.5) is 22.1 Å². The predicted molar refractivity (Wildman–Crippen MR) is 127 cm³/mol. The van der Waals surface area contributed by atoms with Gasteiger partial charge in [-0.1, -0.05) is 11.6 Å². The van der Waals surface area contributed by atoms with Crippen molar-refractivity contribution in [3.63, 3.8) is 0 Å². The average Bonchev–Trinajstić information content (AvgIpc) is 2.79. The number of carbonyl (C=O) groups excluding carboxylic acids is 1. The van der Waals surface area contributed by atoms with E-state index in [4.69, 9.17) is 16.3 Å². The molecule has 0 bridgehead atoms. The molecule has 0 aliphatic carbocycles. The van der Waals surface area contributed by atoms with Gasteiger partial charge in [0.2, 0.25) is 0 Å². The number of ether oxygens (including phenoxy) is 1. The van der Waals surface area contributed by atoms with E-state index in [2.05, 4.69) is 43.1 Å². The van der Waals surface area contributed by atoms with E-state index in [0.29, 0.717) is 42.6 Å². The number of aryl methyl sites for hydroxylation is 1. The first-order valence-corrected chi connectivity index (χ1v) is 11.2. The molecule has 2 aromatic rings. The number of methoxy groups -OCH3 is 1. The topological polar surface area (TPSA) is 77.1 Å². The fraction of sp³-hybridized carbons (Fsp3) is 0.500. The first-order chi connectivity index (χ1) is 15.4. The lowest BCUT2D eigenvalue weighted by molar-refractivity contribution is 0.208. The number of hydrogen-bond donors (Lipinski definition) is 1. The highest BCUT2D eigenvalue weighted by molar-refractivity contribution is 6.31. The second-order valence-corrected chi connectivity index (χ2v) is 8.61. The van der Waals surface area contributed by atoms with Gasteiger partial charge in [0.25, 0.3) is 0 Å². The van der Waals surface area contributed by atoms with Gasteiger partial charge < -0.3 is 29.7 Å². The summed E-state index contributed by atoms with van der Waals surface area (Å²) in [6.07, 6.45) is 0. The van der Waals surface area contributed by atoms with E-state index in [1.807, 2.05) is 6.92 Å². The zero-order valence-corrected chi connectivity index (χ0v) is 19.6. The quantitative estimate of drug-likeness (QED) is 0.752. The smallest absolute Gasteiger partial charge is 0.322 e. The molecule has 1 aromatic heterocycles. The molecule has 0 atom stereocenters. The Morgan fingerprint density at radius 2 is 1.56 bits per heavy atom. The van der Waals surface area contributed by atoms with Crippen molar-refractivity contribution < 1.29 is 9.53 Å². The summed E-state index contributed by atoms with van der Waals surface area (Å²) in [5.41, 5.74) is 0.565. The lowest BCUT2D eigenvalue weighted by Crippen LogP contribution is -2.50. The summed E-state index contributed by atoms with van der Waals surface area (Å²) < 4.78 is 5.32. The van der Waals surface area contributed by atoms with Crippen molar-refractivity contribution >= 4 is 35.0 Å². The Kier molecular flexibility index (Phi) is 6.86. The maximum atomic E-state index is 12.8. The first-order valence-electron chi connectivity index (χ1n) is 10.9. The molecule has 1 N–H and O–H groups in total. The lowest BCUT2D eigenvalue weighted by Gasteiger charge is -2.36. The van der Waals surface area contributed by atoms with Crippen molar-refractivity contribution in [2.24, 2.45) is 0 Å². The van der Waals surface area contributed by atoms with Crippen molar-refractivity contribution in [3.05, 3.63) is 35.1 Å². The molecule has 2 aliphatic rings. The van der Waals surface area contributed by atoms with Gasteiger partial charge in [-0.25, -0.2) is 14.8 Å². The second kappa shape index (κ2) is 9.79. The van der Waals surface area contributed by atoms with Crippen LogP contribution in [-0.2, 0) is 0 Å². The number of amides is 2. The Labute approximate surface area is 193 Å². The molecule has 10 heteroatoms. The van der Waals surface area contributed by atoms with Gasteiger partial charge >= 0.3 is 6.03 Å². The highest BCUT2D eigenvalue weighted by Gasteiger charge is 2.24. The van der Waals surface area contributed by atoms with Gasteiger partial charge in [0.1, 0.15) is 23.2 Å². The molecular formula is C22H30ClN7O2. The third kappa shape index (κ3) is 5.16. The summed E-state index contributed by atoms with van der Waals surface area (Å²) in [6.45, 7) is 8.54. The number of benzene rings is 1. The van der Waals surface area contributed by atoms with Crippen LogP contribution in [0, 0.1) is 6.92 Å². The third-order valence-electron chi connectivity index (χ3n) is 5.93. The highest BCUT2D eigenvalue weighted by Crippen LogP contribution is 2.28. The summed E-state index contributed by atoms with van der Waals surface area (Å²) in [5, 5.41) is 3.46. The monoisotopic (exact) mass is 459 g/mol. The summed E-state index contributed by atoms with van der Waals surface area (Å²) in [7, 11) is 3.71. The fourth-order valence-electron chi connectivity index (χ4n) is 4.01. The van der Waals surface area contributed by atoms with Crippen LogP contribution in [-0.4, -0.2) is 92.3 Å². The molecule has 9 nitrogen and oxygen atoms in total.